The van der Waals surface area contributed by atoms with E-state index < -0.39 is 0 Å². The molecule has 96 valence electrons. The van der Waals surface area contributed by atoms with Crippen molar-refractivity contribution in [2.75, 3.05) is 11.4 Å². The van der Waals surface area contributed by atoms with Gasteiger partial charge in [-0.15, -0.1) is 0 Å². The van der Waals surface area contributed by atoms with Gasteiger partial charge in [0.25, 0.3) is 0 Å². The molecular formula is C15H20N2O. The molecule has 3 rings (SSSR count). The number of hydrogen-bond donors (Lipinski definition) is 1. The van der Waals surface area contributed by atoms with E-state index in [-0.39, 0.29) is 5.91 Å². The van der Waals surface area contributed by atoms with Gasteiger partial charge >= 0.3 is 0 Å². The van der Waals surface area contributed by atoms with Gasteiger partial charge in [-0.2, -0.15) is 0 Å². The first kappa shape index (κ1) is 11.7. The summed E-state index contributed by atoms with van der Waals surface area (Å²) in [5.41, 5.74) is 8.29. The van der Waals surface area contributed by atoms with Crippen LogP contribution in [0, 0.1) is 5.92 Å². The number of aryl methyl sites for hydroxylation is 1. The molecule has 1 aliphatic heterocycles. The molecule has 1 heterocycles. The molecule has 1 saturated carbocycles. The maximum absolute atomic E-state index is 12.3. The van der Waals surface area contributed by atoms with Crippen LogP contribution in [0.1, 0.15) is 31.2 Å². The lowest BCUT2D eigenvalue weighted by Gasteiger charge is -2.37. The zero-order chi connectivity index (χ0) is 12.5. The molecular weight excluding hydrogens is 224 g/mol. The van der Waals surface area contributed by atoms with E-state index in [9.17, 15) is 4.79 Å². The molecule has 3 heteroatoms. The number of anilines is 1. The van der Waals surface area contributed by atoms with Crippen molar-refractivity contribution < 1.29 is 4.79 Å². The first-order valence-electron chi connectivity index (χ1n) is 6.91. The Kier molecular flexibility index (Phi) is 3.08. The van der Waals surface area contributed by atoms with Crippen molar-refractivity contribution in [1.82, 2.24) is 0 Å². The Bertz CT molecular complexity index is 458. The largest absolute Gasteiger partial charge is 0.330 e. The molecule has 2 N–H and O–H groups in total. The summed E-state index contributed by atoms with van der Waals surface area (Å²) >= 11 is 0. The van der Waals surface area contributed by atoms with Crippen molar-refractivity contribution in [2.24, 2.45) is 11.7 Å². The van der Waals surface area contributed by atoms with Gasteiger partial charge in [0.05, 0.1) is 0 Å². The minimum atomic E-state index is 0.277. The summed E-state index contributed by atoms with van der Waals surface area (Å²) in [5.74, 6) is 0.749. The Balaban J connectivity index is 1.97. The van der Waals surface area contributed by atoms with Gasteiger partial charge in [-0.3, -0.25) is 4.79 Å². The van der Waals surface area contributed by atoms with E-state index in [1.807, 2.05) is 11.0 Å². The normalized spacial score (nSPS) is 27.4. The highest BCUT2D eigenvalue weighted by molar-refractivity contribution is 5.97. The van der Waals surface area contributed by atoms with Crippen LogP contribution in [0.25, 0.3) is 0 Å². The van der Waals surface area contributed by atoms with E-state index in [1.165, 1.54) is 12.0 Å². The lowest BCUT2D eigenvalue weighted by Crippen LogP contribution is -2.46. The number of nitrogens with two attached hydrogens (primary N) is 1. The Morgan fingerprint density at radius 1 is 1.22 bits per heavy atom. The molecule has 0 bridgehead atoms. The minimum absolute atomic E-state index is 0.277. The number of carbonyl (C=O) groups excluding carboxylic acids is 1. The number of fused-ring (bicyclic) bond motifs is 1. The average Bonchev–Trinajstić information content (AvgIpc) is 2.86. The molecule has 1 amide bonds. The van der Waals surface area contributed by atoms with E-state index in [0.717, 1.165) is 24.9 Å². The number of nitrogens with zero attached hydrogens (tertiary/aromatic N) is 1. The van der Waals surface area contributed by atoms with Crippen molar-refractivity contribution in [3.63, 3.8) is 0 Å². The predicted octanol–water partition coefficient (Wildman–Crippen LogP) is 2.09. The zero-order valence-electron chi connectivity index (χ0n) is 10.6. The van der Waals surface area contributed by atoms with Crippen molar-refractivity contribution in [3.05, 3.63) is 29.8 Å². The minimum Gasteiger partial charge on any atom is -0.330 e. The highest BCUT2D eigenvalue weighted by Crippen LogP contribution is 2.37. The van der Waals surface area contributed by atoms with Gasteiger partial charge in [0, 0.05) is 18.2 Å². The Labute approximate surface area is 108 Å². The topological polar surface area (TPSA) is 46.3 Å². The van der Waals surface area contributed by atoms with Crippen LogP contribution in [0.2, 0.25) is 0 Å². The quantitative estimate of drug-likeness (QED) is 0.866. The van der Waals surface area contributed by atoms with E-state index in [1.54, 1.807) is 0 Å². The molecule has 3 nitrogen and oxygen atoms in total. The van der Waals surface area contributed by atoms with Gasteiger partial charge in [0.1, 0.15) is 0 Å². The molecule has 0 aromatic heterocycles. The third-order valence-corrected chi connectivity index (χ3v) is 4.38. The molecule has 1 aromatic carbocycles. The molecule has 1 aromatic rings. The molecule has 0 spiro atoms. The maximum Gasteiger partial charge on any atom is 0.227 e. The summed E-state index contributed by atoms with van der Waals surface area (Å²) in [7, 11) is 0. The van der Waals surface area contributed by atoms with Crippen LogP contribution >= 0.6 is 0 Å². The number of rotatable bonds is 2. The molecule has 0 radical (unpaired) electrons. The predicted molar refractivity (Wildman–Crippen MR) is 72.4 cm³/mol. The van der Waals surface area contributed by atoms with Crippen LogP contribution in [-0.2, 0) is 11.2 Å². The van der Waals surface area contributed by atoms with Crippen molar-refractivity contribution in [3.8, 4) is 0 Å². The van der Waals surface area contributed by atoms with Gasteiger partial charge in [-0.25, -0.2) is 0 Å². The van der Waals surface area contributed by atoms with Crippen LogP contribution < -0.4 is 10.6 Å². The molecule has 2 aliphatic rings. The summed E-state index contributed by atoms with van der Waals surface area (Å²) < 4.78 is 0. The second-order valence-corrected chi connectivity index (χ2v) is 5.39. The smallest absolute Gasteiger partial charge is 0.227 e. The van der Waals surface area contributed by atoms with E-state index in [0.29, 0.717) is 24.9 Å². The number of carbonyl (C=O) groups is 1. The summed E-state index contributed by atoms with van der Waals surface area (Å²) in [6, 6.07) is 8.63. The second kappa shape index (κ2) is 4.73. The summed E-state index contributed by atoms with van der Waals surface area (Å²) in [5, 5.41) is 0. The summed E-state index contributed by atoms with van der Waals surface area (Å²) in [6.07, 6.45) is 4.98. The van der Waals surface area contributed by atoms with Gasteiger partial charge in [0.15, 0.2) is 0 Å². The average molecular weight is 244 g/mol. The van der Waals surface area contributed by atoms with Crippen LogP contribution in [0.15, 0.2) is 24.3 Å². The fourth-order valence-corrected chi connectivity index (χ4v) is 3.45. The molecule has 2 unspecified atom stereocenters. The van der Waals surface area contributed by atoms with Crippen molar-refractivity contribution >= 4 is 11.6 Å². The van der Waals surface area contributed by atoms with Crippen LogP contribution in [0.3, 0.4) is 0 Å². The fraction of sp³-hybridized carbons (Fsp3) is 0.533. The Hall–Kier alpha value is -1.35. The third kappa shape index (κ3) is 1.83. The fourth-order valence-electron chi connectivity index (χ4n) is 3.45. The van der Waals surface area contributed by atoms with E-state index >= 15 is 0 Å². The van der Waals surface area contributed by atoms with Crippen LogP contribution in [0.4, 0.5) is 5.69 Å². The maximum atomic E-state index is 12.3. The van der Waals surface area contributed by atoms with Crippen LogP contribution in [0.5, 0.6) is 0 Å². The lowest BCUT2D eigenvalue weighted by atomic mass is 9.95. The summed E-state index contributed by atoms with van der Waals surface area (Å²) in [6.45, 7) is 0.691. The molecule has 0 saturated heterocycles. The van der Waals surface area contributed by atoms with Gasteiger partial charge in [0.2, 0.25) is 5.91 Å². The van der Waals surface area contributed by atoms with Crippen LogP contribution in [-0.4, -0.2) is 18.5 Å². The van der Waals surface area contributed by atoms with Gasteiger partial charge < -0.3 is 10.6 Å². The first-order valence-corrected chi connectivity index (χ1v) is 6.91. The van der Waals surface area contributed by atoms with Gasteiger partial charge in [-0.1, -0.05) is 24.6 Å². The van der Waals surface area contributed by atoms with E-state index in [2.05, 4.69) is 18.2 Å². The highest BCUT2D eigenvalue weighted by Gasteiger charge is 2.37. The number of benzene rings is 1. The van der Waals surface area contributed by atoms with E-state index in [4.69, 9.17) is 5.73 Å². The zero-order valence-corrected chi connectivity index (χ0v) is 10.6. The SMILES string of the molecule is NCC1CCCC1N1C(=O)CCc2ccccc21. The monoisotopic (exact) mass is 244 g/mol. The van der Waals surface area contributed by atoms with Crippen molar-refractivity contribution in [1.29, 1.82) is 0 Å². The molecule has 18 heavy (non-hydrogen) atoms. The number of para-hydroxylation sites is 1. The molecule has 2 atom stereocenters. The Morgan fingerprint density at radius 2 is 2.06 bits per heavy atom. The van der Waals surface area contributed by atoms with Gasteiger partial charge in [-0.05, 0) is 43.4 Å². The first-order chi connectivity index (χ1) is 8.81. The molecule has 1 aliphatic carbocycles. The van der Waals surface area contributed by atoms with Crippen molar-refractivity contribution in [2.45, 2.75) is 38.1 Å². The third-order valence-electron chi connectivity index (χ3n) is 4.38. The second-order valence-electron chi connectivity index (χ2n) is 5.39. The molecule has 1 fully saturated rings. The Morgan fingerprint density at radius 3 is 2.89 bits per heavy atom. The lowest BCUT2D eigenvalue weighted by molar-refractivity contribution is -0.119. The standard InChI is InChI=1S/C15H20N2O/c16-10-12-5-3-7-14(12)17-13-6-2-1-4-11(13)8-9-15(17)18/h1-2,4,6,12,14H,3,5,7-10,16H2. The number of amides is 1. The summed E-state index contributed by atoms with van der Waals surface area (Å²) in [4.78, 5) is 14.3. The number of hydrogen-bond acceptors (Lipinski definition) is 2. The highest BCUT2D eigenvalue weighted by atomic mass is 16.2.